The van der Waals surface area contributed by atoms with Crippen LogP contribution in [0.1, 0.15) is 41.8 Å². The van der Waals surface area contributed by atoms with E-state index in [4.69, 9.17) is 28.3 Å². The molecule has 1 rings (SSSR count). The quantitative estimate of drug-likeness (QED) is 0.813. The lowest BCUT2D eigenvalue weighted by Crippen LogP contribution is -2.23. The van der Waals surface area contributed by atoms with Crippen molar-refractivity contribution in [2.24, 2.45) is 0 Å². The molecule has 118 valence electrons. The van der Waals surface area contributed by atoms with E-state index in [2.05, 4.69) is 0 Å². The van der Waals surface area contributed by atoms with E-state index >= 15 is 0 Å². The van der Waals surface area contributed by atoms with Crippen molar-refractivity contribution in [2.75, 3.05) is 0 Å². The first kappa shape index (κ1) is 18.2. The van der Waals surface area contributed by atoms with Crippen LogP contribution >= 0.6 is 23.2 Å². The van der Waals surface area contributed by atoms with Gasteiger partial charge in [0.05, 0.1) is 15.7 Å². The lowest BCUT2D eigenvalue weighted by Gasteiger charge is -2.21. The molecule has 1 atom stereocenters. The highest BCUT2D eigenvalue weighted by atomic mass is 35.5. The third-order valence-corrected chi connectivity index (χ3v) is 6.23. The van der Waals surface area contributed by atoms with Gasteiger partial charge in [0.25, 0.3) is 4.59 Å². The number of sulfone groups is 1. The van der Waals surface area contributed by atoms with Crippen molar-refractivity contribution in [3.8, 4) is 0 Å². The number of rotatable bonds is 5. The molecule has 21 heavy (non-hydrogen) atoms. The third-order valence-electron chi connectivity index (χ3n) is 3.33. The minimum atomic E-state index is -3.96. The van der Waals surface area contributed by atoms with Crippen molar-refractivity contribution in [3.63, 3.8) is 0 Å². The molecule has 0 unspecified atom stereocenters. The summed E-state index contributed by atoms with van der Waals surface area (Å²) < 4.78 is 36.1. The van der Waals surface area contributed by atoms with Crippen LogP contribution in [0.3, 0.4) is 0 Å². The molecular weight excluding hydrogens is 342 g/mol. The van der Waals surface area contributed by atoms with Crippen LogP contribution in [0.25, 0.3) is 0 Å². The molecule has 1 aromatic carbocycles. The highest BCUT2D eigenvalue weighted by Gasteiger charge is 2.37. The Kier molecular flexibility index (Phi) is 5.29. The molecule has 0 aliphatic carbocycles. The van der Waals surface area contributed by atoms with E-state index < -0.39 is 36.1 Å². The maximum atomic E-state index is 13.9. The van der Waals surface area contributed by atoms with E-state index in [1.54, 1.807) is 6.92 Å². The molecule has 0 radical (unpaired) electrons. The second-order valence-electron chi connectivity index (χ2n) is 4.68. The molecule has 0 saturated heterocycles. The molecule has 0 aromatic heterocycles. The molecular formula is C13H15Cl2FO4S. The van der Waals surface area contributed by atoms with Crippen LogP contribution in [-0.2, 0) is 14.4 Å². The monoisotopic (exact) mass is 356 g/mol. The molecule has 0 spiro atoms. The fraction of sp³-hybridized carbons (Fsp3) is 0.462. The Morgan fingerprint density at radius 2 is 1.95 bits per heavy atom. The molecule has 4 nitrogen and oxygen atoms in total. The first-order valence-corrected chi connectivity index (χ1v) is 8.42. The van der Waals surface area contributed by atoms with Gasteiger partial charge in [0, 0.05) is 5.56 Å². The first-order valence-electron chi connectivity index (χ1n) is 6.12. The van der Waals surface area contributed by atoms with E-state index in [0.29, 0.717) is 0 Å². The molecule has 0 fully saturated rings. The van der Waals surface area contributed by atoms with Crippen molar-refractivity contribution in [1.29, 1.82) is 0 Å². The van der Waals surface area contributed by atoms with Gasteiger partial charge in [0.1, 0.15) is 0 Å². The highest BCUT2D eigenvalue weighted by Crippen LogP contribution is 2.42. The van der Waals surface area contributed by atoms with E-state index in [9.17, 15) is 17.6 Å². The summed E-state index contributed by atoms with van der Waals surface area (Å²) in [6, 6.07) is 2.08. The van der Waals surface area contributed by atoms with Crippen LogP contribution < -0.4 is 0 Å². The van der Waals surface area contributed by atoms with Gasteiger partial charge in [-0.2, -0.15) is 0 Å². The van der Waals surface area contributed by atoms with Crippen LogP contribution in [0.2, 0.25) is 0 Å². The number of halogens is 3. The maximum Gasteiger partial charge on any atom is 0.335 e. The number of aromatic carboxylic acids is 1. The lowest BCUT2D eigenvalue weighted by molar-refractivity contribution is 0.0695. The van der Waals surface area contributed by atoms with Crippen LogP contribution in [0.15, 0.2) is 17.0 Å². The maximum absolute atomic E-state index is 13.9. The Labute approximate surface area is 132 Å². The van der Waals surface area contributed by atoms with Gasteiger partial charge >= 0.3 is 5.97 Å². The number of carboxylic acids is 1. The van der Waals surface area contributed by atoms with E-state index in [-0.39, 0.29) is 17.5 Å². The van der Waals surface area contributed by atoms with E-state index in [0.717, 1.165) is 12.1 Å². The van der Waals surface area contributed by atoms with Crippen molar-refractivity contribution < 1.29 is 22.7 Å². The van der Waals surface area contributed by atoms with Gasteiger partial charge in [0.15, 0.2) is 9.84 Å². The molecule has 1 aromatic rings. The Balaban J connectivity index is 3.83. The summed E-state index contributed by atoms with van der Waals surface area (Å²) in [4.78, 5) is 10.7. The average Bonchev–Trinajstić information content (AvgIpc) is 2.35. The zero-order chi connectivity index (χ0) is 16.6. The summed E-state index contributed by atoms with van der Waals surface area (Å²) in [7, 11) is -3.96. The Bertz CT molecular complexity index is 665. The standard InChI is InChI=1S/C13H15Cl2FO4S/c1-4-7(2)21(19,20)11-8(3)9(12(17)18)5-6-10(11)13(14,15)16/h5-7H,4H2,1-3H3,(H,17,18)/t7-/m0/s1. The number of hydrogen-bond acceptors (Lipinski definition) is 3. The van der Waals surface area contributed by atoms with Gasteiger partial charge in [0.2, 0.25) is 0 Å². The molecule has 0 amide bonds. The van der Waals surface area contributed by atoms with Gasteiger partial charge in [-0.05, 0) is 31.9 Å². The van der Waals surface area contributed by atoms with E-state index in [1.165, 1.54) is 13.8 Å². The number of carbonyl (C=O) groups is 1. The summed E-state index contributed by atoms with van der Waals surface area (Å²) in [5.41, 5.74) is -0.782. The molecule has 0 bridgehead atoms. The molecule has 0 aliphatic heterocycles. The van der Waals surface area contributed by atoms with Crippen LogP contribution in [-0.4, -0.2) is 24.7 Å². The summed E-state index contributed by atoms with van der Waals surface area (Å²) >= 11 is 10.8. The normalized spacial score (nSPS) is 14.0. The van der Waals surface area contributed by atoms with Crippen LogP contribution in [0, 0.1) is 6.92 Å². The lowest BCUT2D eigenvalue weighted by atomic mass is 10.1. The number of alkyl halides is 3. The Morgan fingerprint density at radius 1 is 1.43 bits per heavy atom. The second-order valence-corrected chi connectivity index (χ2v) is 8.22. The minimum Gasteiger partial charge on any atom is -0.478 e. The first-order chi connectivity index (χ1) is 9.44. The minimum absolute atomic E-state index is 0.0800. The zero-order valence-corrected chi connectivity index (χ0v) is 14.0. The fourth-order valence-corrected chi connectivity index (χ4v) is 4.25. The SMILES string of the molecule is CC[C@H](C)S(=O)(=O)c1c(C(F)(Cl)Cl)ccc(C(=O)O)c1C. The molecule has 0 aliphatic rings. The number of carboxylic acid groups (broad SMARTS) is 1. The Morgan fingerprint density at radius 3 is 2.33 bits per heavy atom. The van der Waals surface area contributed by atoms with Crippen molar-refractivity contribution in [1.82, 2.24) is 0 Å². The number of hydrogen-bond donors (Lipinski definition) is 1. The van der Waals surface area contributed by atoms with Crippen LogP contribution in [0.4, 0.5) is 4.39 Å². The van der Waals surface area contributed by atoms with Gasteiger partial charge in [-0.1, -0.05) is 36.2 Å². The summed E-state index contributed by atoms with van der Waals surface area (Å²) in [6.45, 7) is 4.40. The van der Waals surface area contributed by atoms with Crippen LogP contribution in [0.5, 0.6) is 0 Å². The zero-order valence-electron chi connectivity index (χ0n) is 11.7. The third kappa shape index (κ3) is 3.49. The van der Waals surface area contributed by atoms with Gasteiger partial charge in [-0.15, -0.1) is 0 Å². The smallest absolute Gasteiger partial charge is 0.335 e. The van der Waals surface area contributed by atoms with Crippen molar-refractivity contribution in [2.45, 2.75) is 41.9 Å². The van der Waals surface area contributed by atoms with Gasteiger partial charge in [-0.25, -0.2) is 17.6 Å². The fourth-order valence-electron chi connectivity index (χ4n) is 1.93. The van der Waals surface area contributed by atoms with Crippen molar-refractivity contribution in [3.05, 3.63) is 28.8 Å². The Hall–Kier alpha value is -0.850. The topological polar surface area (TPSA) is 71.4 Å². The van der Waals surface area contributed by atoms with Crippen molar-refractivity contribution >= 4 is 39.0 Å². The number of benzene rings is 1. The highest BCUT2D eigenvalue weighted by molar-refractivity contribution is 7.92. The van der Waals surface area contributed by atoms with Gasteiger partial charge in [-0.3, -0.25) is 0 Å². The molecule has 1 N–H and O–H groups in total. The van der Waals surface area contributed by atoms with E-state index in [1.807, 2.05) is 0 Å². The summed E-state index contributed by atoms with van der Waals surface area (Å²) in [5.74, 6) is -1.31. The molecule has 8 heteroatoms. The predicted octanol–water partition coefficient (Wildman–Crippen LogP) is 3.82. The second kappa shape index (κ2) is 6.10. The van der Waals surface area contributed by atoms with Gasteiger partial charge < -0.3 is 5.11 Å². The summed E-state index contributed by atoms with van der Waals surface area (Å²) in [5, 5.41) is 8.27. The molecule has 0 saturated carbocycles. The molecule has 0 heterocycles. The predicted molar refractivity (Wildman–Crippen MR) is 79.6 cm³/mol. The average molecular weight is 357 g/mol. The summed E-state index contributed by atoms with van der Waals surface area (Å²) in [6.07, 6.45) is 0.280. The largest absolute Gasteiger partial charge is 0.478 e.